The summed E-state index contributed by atoms with van der Waals surface area (Å²) in [6.07, 6.45) is 1.26. The Balaban J connectivity index is 1.40. The Kier molecular flexibility index (Phi) is 5.75. The van der Waals surface area contributed by atoms with Crippen LogP contribution in [0.3, 0.4) is 0 Å². The van der Waals surface area contributed by atoms with E-state index in [1.165, 1.54) is 4.31 Å². The number of rotatable bonds is 5. The molecule has 3 aliphatic rings. The number of hydrogen-bond acceptors (Lipinski definition) is 6. The smallest absolute Gasteiger partial charge is 0.246 e. The minimum atomic E-state index is -3.62. The summed E-state index contributed by atoms with van der Waals surface area (Å²) in [5, 5.41) is 0. The van der Waals surface area contributed by atoms with E-state index in [-0.39, 0.29) is 34.7 Å². The topological polar surface area (TPSA) is 87.2 Å². The summed E-state index contributed by atoms with van der Waals surface area (Å²) >= 11 is 1.67. The molecule has 0 spiro atoms. The average Bonchev–Trinajstić information content (AvgIpc) is 3.24. The highest BCUT2D eigenvalue weighted by atomic mass is 32.2. The minimum Gasteiger partial charge on any atom is -0.494 e. The molecule has 4 rings (SSSR count). The second kappa shape index (κ2) is 8.05. The van der Waals surface area contributed by atoms with Gasteiger partial charge in [0.25, 0.3) is 0 Å². The van der Waals surface area contributed by atoms with Gasteiger partial charge in [-0.3, -0.25) is 9.59 Å². The van der Waals surface area contributed by atoms with Gasteiger partial charge in [-0.25, -0.2) is 8.42 Å². The van der Waals surface area contributed by atoms with Crippen LogP contribution in [-0.2, 0) is 19.6 Å². The molecule has 0 N–H and O–H groups in total. The molecule has 0 radical (unpaired) electrons. The molecule has 2 atom stereocenters. The zero-order valence-corrected chi connectivity index (χ0v) is 18.9. The number of sulfonamides is 1. The molecule has 8 nitrogen and oxygen atoms in total. The van der Waals surface area contributed by atoms with Crippen LogP contribution < -0.4 is 4.74 Å². The number of carbonyl (C=O) groups is 2. The van der Waals surface area contributed by atoms with Crippen LogP contribution in [0.1, 0.15) is 26.7 Å². The van der Waals surface area contributed by atoms with Crippen molar-refractivity contribution in [3.8, 4) is 5.75 Å². The van der Waals surface area contributed by atoms with Gasteiger partial charge in [-0.1, -0.05) is 0 Å². The van der Waals surface area contributed by atoms with Crippen LogP contribution in [0.4, 0.5) is 0 Å². The monoisotopic (exact) mass is 453 g/mol. The van der Waals surface area contributed by atoms with Crippen LogP contribution in [0.2, 0.25) is 0 Å². The molecule has 2 amide bonds. The fraction of sp³-hybridized carbons (Fsp3) is 0.600. The maximum absolute atomic E-state index is 13.1. The predicted molar refractivity (Wildman–Crippen MR) is 114 cm³/mol. The lowest BCUT2D eigenvalue weighted by atomic mass is 10.2. The Bertz CT molecular complexity index is 928. The highest BCUT2D eigenvalue weighted by Crippen LogP contribution is 2.47. The first-order valence-corrected chi connectivity index (χ1v) is 12.7. The Morgan fingerprint density at radius 3 is 2.50 bits per heavy atom. The van der Waals surface area contributed by atoms with Gasteiger partial charge in [0.05, 0.1) is 16.4 Å². The summed E-state index contributed by atoms with van der Waals surface area (Å²) in [4.78, 5) is 28.8. The maximum atomic E-state index is 13.1. The van der Waals surface area contributed by atoms with Crippen molar-refractivity contribution >= 4 is 33.6 Å². The first-order valence-electron chi connectivity index (χ1n) is 10.2. The lowest BCUT2D eigenvalue weighted by Gasteiger charge is -2.37. The molecular weight excluding hydrogens is 426 g/mol. The second-order valence-electron chi connectivity index (χ2n) is 7.90. The van der Waals surface area contributed by atoms with E-state index < -0.39 is 16.1 Å². The number of thioether (sulfide) groups is 1. The fourth-order valence-corrected chi connectivity index (χ4v) is 7.23. The van der Waals surface area contributed by atoms with E-state index in [1.54, 1.807) is 45.8 Å². The number of ether oxygens (including phenoxy) is 1. The molecule has 0 bridgehead atoms. The zero-order valence-electron chi connectivity index (χ0n) is 17.2. The zero-order chi connectivity index (χ0) is 21.5. The van der Waals surface area contributed by atoms with Gasteiger partial charge in [0, 0.05) is 38.4 Å². The number of nitrogens with zero attached hydrogens (tertiary/aromatic N) is 3. The number of amides is 2. The third kappa shape index (κ3) is 3.69. The van der Waals surface area contributed by atoms with Crippen molar-refractivity contribution in [2.75, 3.05) is 38.5 Å². The van der Waals surface area contributed by atoms with E-state index in [2.05, 4.69) is 0 Å². The van der Waals surface area contributed by atoms with Crippen molar-refractivity contribution < 1.29 is 22.7 Å². The molecule has 3 saturated heterocycles. The SMILES string of the molecule is CCOc1ccc(S(=O)(=O)N2CCN(C(=O)[C@H]3CS[C@]4(C)CCC(=O)N34)CC2)cc1. The molecule has 164 valence electrons. The fourth-order valence-electron chi connectivity index (χ4n) is 4.39. The standard InChI is InChI=1S/C20H27N3O5S2/c1-3-28-15-4-6-16(7-5-15)30(26,27)22-12-10-21(11-13-22)19(25)17-14-29-20(2)9-8-18(24)23(17)20/h4-7,17H,3,8-14H2,1-2H3/t17-,20-/m1/s1. The summed E-state index contributed by atoms with van der Waals surface area (Å²) in [6.45, 7) is 5.56. The highest BCUT2D eigenvalue weighted by molar-refractivity contribution is 8.01. The normalized spacial score (nSPS) is 27.4. The summed E-state index contributed by atoms with van der Waals surface area (Å²) in [7, 11) is -3.62. The maximum Gasteiger partial charge on any atom is 0.246 e. The van der Waals surface area contributed by atoms with Crippen LogP contribution in [-0.4, -0.2) is 83.8 Å². The molecule has 0 aromatic heterocycles. The third-order valence-corrected chi connectivity index (χ3v) is 9.47. The van der Waals surface area contributed by atoms with Crippen LogP contribution in [0, 0.1) is 0 Å². The van der Waals surface area contributed by atoms with E-state index in [0.29, 0.717) is 37.6 Å². The van der Waals surface area contributed by atoms with Gasteiger partial charge in [0.15, 0.2) is 0 Å². The van der Waals surface area contributed by atoms with Crippen molar-refractivity contribution in [3.05, 3.63) is 24.3 Å². The molecule has 0 aliphatic carbocycles. The quantitative estimate of drug-likeness (QED) is 0.669. The Labute approximate surface area is 181 Å². The minimum absolute atomic E-state index is 0.0394. The van der Waals surface area contributed by atoms with Gasteiger partial charge in [-0.2, -0.15) is 4.31 Å². The first kappa shape index (κ1) is 21.5. The number of piperazine rings is 1. The van der Waals surface area contributed by atoms with Crippen molar-refractivity contribution in [2.24, 2.45) is 0 Å². The van der Waals surface area contributed by atoms with E-state index in [9.17, 15) is 18.0 Å². The molecule has 30 heavy (non-hydrogen) atoms. The van der Waals surface area contributed by atoms with Crippen LogP contribution in [0.5, 0.6) is 5.75 Å². The van der Waals surface area contributed by atoms with Crippen molar-refractivity contribution in [1.82, 2.24) is 14.1 Å². The van der Waals surface area contributed by atoms with Crippen LogP contribution in [0.25, 0.3) is 0 Å². The predicted octanol–water partition coefficient (Wildman–Crippen LogP) is 1.37. The molecular formula is C20H27N3O5S2. The summed E-state index contributed by atoms with van der Waals surface area (Å²) < 4.78 is 32.7. The van der Waals surface area contributed by atoms with Gasteiger partial charge in [0.1, 0.15) is 11.8 Å². The Morgan fingerprint density at radius 2 is 1.87 bits per heavy atom. The molecule has 3 heterocycles. The Morgan fingerprint density at radius 1 is 1.20 bits per heavy atom. The summed E-state index contributed by atoms with van der Waals surface area (Å²) in [6, 6.07) is 5.96. The van der Waals surface area contributed by atoms with Gasteiger partial charge in [-0.15, -0.1) is 11.8 Å². The first-order chi connectivity index (χ1) is 14.3. The average molecular weight is 454 g/mol. The third-order valence-electron chi connectivity index (χ3n) is 6.05. The van der Waals surface area contributed by atoms with Gasteiger partial charge in [-0.05, 0) is 44.5 Å². The number of fused-ring (bicyclic) bond motifs is 1. The number of hydrogen-bond donors (Lipinski definition) is 0. The molecule has 0 saturated carbocycles. The van der Waals surface area contributed by atoms with Crippen molar-refractivity contribution in [2.45, 2.75) is 42.5 Å². The van der Waals surface area contributed by atoms with E-state index >= 15 is 0 Å². The Hall–Kier alpha value is -1.78. The molecule has 0 unspecified atom stereocenters. The van der Waals surface area contributed by atoms with Gasteiger partial charge in [0.2, 0.25) is 21.8 Å². The van der Waals surface area contributed by atoms with E-state index in [0.717, 1.165) is 6.42 Å². The van der Waals surface area contributed by atoms with Crippen molar-refractivity contribution in [3.63, 3.8) is 0 Å². The highest BCUT2D eigenvalue weighted by Gasteiger charge is 2.53. The second-order valence-corrected chi connectivity index (χ2v) is 11.3. The molecule has 3 aliphatic heterocycles. The molecule has 1 aromatic carbocycles. The summed E-state index contributed by atoms with van der Waals surface area (Å²) in [5.41, 5.74) is 0. The molecule has 1 aromatic rings. The largest absolute Gasteiger partial charge is 0.494 e. The van der Waals surface area contributed by atoms with Gasteiger partial charge >= 0.3 is 0 Å². The van der Waals surface area contributed by atoms with Crippen molar-refractivity contribution in [1.29, 1.82) is 0 Å². The number of benzene rings is 1. The van der Waals surface area contributed by atoms with E-state index in [4.69, 9.17) is 4.74 Å². The van der Waals surface area contributed by atoms with Crippen LogP contribution in [0.15, 0.2) is 29.2 Å². The molecule has 10 heteroatoms. The summed E-state index contributed by atoms with van der Waals surface area (Å²) in [5.74, 6) is 1.20. The van der Waals surface area contributed by atoms with Crippen LogP contribution >= 0.6 is 11.8 Å². The number of carbonyl (C=O) groups excluding carboxylic acids is 2. The van der Waals surface area contributed by atoms with Gasteiger partial charge < -0.3 is 14.5 Å². The lowest BCUT2D eigenvalue weighted by Crippen LogP contribution is -2.56. The van der Waals surface area contributed by atoms with E-state index in [1.807, 2.05) is 13.8 Å². The lowest BCUT2D eigenvalue weighted by molar-refractivity contribution is -0.144. The molecule has 3 fully saturated rings.